The fourth-order valence-electron chi connectivity index (χ4n) is 3.22. The highest BCUT2D eigenvalue weighted by molar-refractivity contribution is 5.88. The van der Waals surface area contributed by atoms with Crippen LogP contribution < -0.4 is 10.6 Å². The van der Waals surface area contributed by atoms with Crippen molar-refractivity contribution >= 4 is 24.2 Å². The van der Waals surface area contributed by atoms with Crippen LogP contribution in [0, 0.1) is 11.3 Å². The van der Waals surface area contributed by atoms with E-state index in [1.54, 1.807) is 4.90 Å². The van der Waals surface area contributed by atoms with E-state index in [0.29, 0.717) is 13.1 Å². The summed E-state index contributed by atoms with van der Waals surface area (Å²) < 4.78 is 0. The molecule has 1 spiro atoms. The highest BCUT2D eigenvalue weighted by Crippen LogP contribution is 2.59. The Morgan fingerprint density at radius 1 is 1.28 bits per heavy atom. The number of hydrogen-bond donors (Lipinski definition) is 2. The van der Waals surface area contributed by atoms with Crippen LogP contribution in [0.15, 0.2) is 0 Å². The van der Waals surface area contributed by atoms with Gasteiger partial charge in [0.1, 0.15) is 0 Å². The van der Waals surface area contributed by atoms with Gasteiger partial charge in [-0.2, -0.15) is 0 Å². The first-order valence-corrected chi connectivity index (χ1v) is 6.47. The lowest BCUT2D eigenvalue weighted by molar-refractivity contribution is -0.140. The fraction of sp³-hybridized carbons (Fsp3) is 0.833. The second kappa shape index (κ2) is 5.05. The van der Waals surface area contributed by atoms with Crippen LogP contribution in [-0.2, 0) is 9.59 Å². The molecule has 102 valence electrons. The van der Waals surface area contributed by atoms with Crippen LogP contribution in [0.5, 0.6) is 0 Å². The van der Waals surface area contributed by atoms with Gasteiger partial charge >= 0.3 is 0 Å². The molecule has 0 aromatic carbocycles. The molecule has 0 aromatic heterocycles. The van der Waals surface area contributed by atoms with Crippen molar-refractivity contribution in [3.05, 3.63) is 0 Å². The molecule has 6 heteroatoms. The van der Waals surface area contributed by atoms with Crippen LogP contribution in [0.2, 0.25) is 0 Å². The Morgan fingerprint density at radius 3 is 2.67 bits per heavy atom. The molecule has 0 aromatic rings. The van der Waals surface area contributed by atoms with Gasteiger partial charge in [-0.15, -0.1) is 12.4 Å². The van der Waals surface area contributed by atoms with Gasteiger partial charge in [0.15, 0.2) is 0 Å². The zero-order valence-corrected chi connectivity index (χ0v) is 11.2. The number of piperidine rings is 1. The van der Waals surface area contributed by atoms with Gasteiger partial charge in [0, 0.05) is 19.0 Å². The summed E-state index contributed by atoms with van der Waals surface area (Å²) in [5.41, 5.74) is 0.274. The molecule has 3 aliphatic rings. The molecule has 2 aliphatic heterocycles. The minimum absolute atomic E-state index is 0. The van der Waals surface area contributed by atoms with Gasteiger partial charge in [0.2, 0.25) is 11.8 Å². The van der Waals surface area contributed by atoms with Crippen molar-refractivity contribution < 1.29 is 9.59 Å². The number of piperazine rings is 1. The highest BCUT2D eigenvalue weighted by atomic mass is 35.5. The van der Waals surface area contributed by atoms with Gasteiger partial charge in [-0.1, -0.05) is 0 Å². The smallest absolute Gasteiger partial charge is 0.239 e. The van der Waals surface area contributed by atoms with Crippen molar-refractivity contribution in [2.75, 3.05) is 32.7 Å². The van der Waals surface area contributed by atoms with Crippen molar-refractivity contribution in [3.8, 4) is 0 Å². The van der Waals surface area contributed by atoms with Gasteiger partial charge < -0.3 is 15.5 Å². The summed E-state index contributed by atoms with van der Waals surface area (Å²) in [5, 5.41) is 6.09. The molecule has 2 saturated heterocycles. The molecule has 1 atom stereocenters. The van der Waals surface area contributed by atoms with Crippen LogP contribution >= 0.6 is 12.4 Å². The molecule has 2 amide bonds. The summed E-state index contributed by atoms with van der Waals surface area (Å²) in [4.78, 5) is 25.3. The van der Waals surface area contributed by atoms with E-state index in [1.807, 2.05) is 0 Å². The summed E-state index contributed by atoms with van der Waals surface area (Å²) in [6, 6.07) is 0. The zero-order valence-electron chi connectivity index (χ0n) is 10.4. The number of halogens is 1. The lowest BCUT2D eigenvalue weighted by Crippen LogP contribution is -2.51. The van der Waals surface area contributed by atoms with Gasteiger partial charge in [0.05, 0.1) is 6.54 Å². The second-order valence-electron chi connectivity index (χ2n) is 5.48. The Kier molecular flexibility index (Phi) is 3.82. The van der Waals surface area contributed by atoms with Crippen molar-refractivity contribution in [1.82, 2.24) is 15.5 Å². The minimum Gasteiger partial charge on any atom is -0.353 e. The predicted octanol–water partition coefficient (Wildman–Crippen LogP) is -0.244. The first-order valence-electron chi connectivity index (χ1n) is 6.47. The molecule has 1 unspecified atom stereocenters. The fourth-order valence-corrected chi connectivity index (χ4v) is 3.22. The van der Waals surface area contributed by atoms with Crippen LogP contribution in [-0.4, -0.2) is 49.4 Å². The molecular formula is C12H20ClN3O2. The average molecular weight is 274 g/mol. The van der Waals surface area contributed by atoms with E-state index in [9.17, 15) is 9.59 Å². The van der Waals surface area contributed by atoms with E-state index < -0.39 is 0 Å². The third-order valence-corrected chi connectivity index (χ3v) is 4.44. The number of hydrogen-bond acceptors (Lipinski definition) is 3. The molecule has 2 N–H and O–H groups in total. The average Bonchev–Trinajstić information content (AvgIpc) is 3.03. The highest BCUT2D eigenvalue weighted by Gasteiger charge is 2.58. The molecule has 0 bridgehead atoms. The third kappa shape index (κ3) is 2.34. The van der Waals surface area contributed by atoms with E-state index in [0.717, 1.165) is 32.4 Å². The van der Waals surface area contributed by atoms with E-state index in [4.69, 9.17) is 0 Å². The normalized spacial score (nSPS) is 29.4. The summed E-state index contributed by atoms with van der Waals surface area (Å²) in [6.45, 7) is 3.60. The Labute approximate surface area is 113 Å². The van der Waals surface area contributed by atoms with Crippen molar-refractivity contribution in [2.24, 2.45) is 11.3 Å². The first kappa shape index (κ1) is 13.6. The number of amides is 2. The second-order valence-corrected chi connectivity index (χ2v) is 5.48. The Morgan fingerprint density at radius 2 is 2.00 bits per heavy atom. The molecule has 18 heavy (non-hydrogen) atoms. The topological polar surface area (TPSA) is 61.4 Å². The molecule has 1 saturated carbocycles. The first-order chi connectivity index (χ1) is 8.21. The number of nitrogens with one attached hydrogen (secondary N) is 2. The number of nitrogens with zero attached hydrogens (tertiary/aromatic N) is 1. The van der Waals surface area contributed by atoms with Crippen LogP contribution in [0.25, 0.3) is 0 Å². The Hall–Kier alpha value is -0.810. The molecule has 0 radical (unpaired) electrons. The van der Waals surface area contributed by atoms with Crippen LogP contribution in [0.3, 0.4) is 0 Å². The monoisotopic (exact) mass is 273 g/mol. The van der Waals surface area contributed by atoms with Gasteiger partial charge in [-0.05, 0) is 37.8 Å². The maximum atomic E-state index is 12.3. The van der Waals surface area contributed by atoms with Crippen LogP contribution in [0.4, 0.5) is 0 Å². The minimum atomic E-state index is -0.0235. The predicted molar refractivity (Wildman–Crippen MR) is 69.5 cm³/mol. The SMILES string of the molecule is Cl.O=C1CN(C(=O)C2CC23CCNCC3)CCN1. The number of carbonyl (C=O) groups is 2. The third-order valence-electron chi connectivity index (χ3n) is 4.44. The van der Waals surface area contributed by atoms with Crippen molar-refractivity contribution in [3.63, 3.8) is 0 Å². The summed E-state index contributed by atoms with van der Waals surface area (Å²) in [7, 11) is 0. The molecule has 2 heterocycles. The number of carbonyl (C=O) groups excluding carboxylic acids is 2. The largest absolute Gasteiger partial charge is 0.353 e. The van der Waals surface area contributed by atoms with E-state index in [2.05, 4.69) is 10.6 Å². The Balaban J connectivity index is 0.00000120. The van der Waals surface area contributed by atoms with Gasteiger partial charge in [-0.3, -0.25) is 9.59 Å². The zero-order chi connectivity index (χ0) is 11.9. The lowest BCUT2D eigenvalue weighted by atomic mass is 9.91. The van der Waals surface area contributed by atoms with E-state index >= 15 is 0 Å². The molecule has 3 fully saturated rings. The standard InChI is InChI=1S/C12H19N3O2.ClH/c16-10-8-15(6-5-14-10)11(17)9-7-12(9)1-3-13-4-2-12;/h9,13H,1-8H2,(H,14,16);1H. The number of rotatable bonds is 1. The lowest BCUT2D eigenvalue weighted by Gasteiger charge is -2.29. The molecule has 5 nitrogen and oxygen atoms in total. The molecular weight excluding hydrogens is 254 g/mol. The van der Waals surface area contributed by atoms with E-state index in [1.165, 1.54) is 0 Å². The summed E-state index contributed by atoms with van der Waals surface area (Å²) in [5.74, 6) is 0.377. The quantitative estimate of drug-likeness (QED) is 0.693. The summed E-state index contributed by atoms with van der Waals surface area (Å²) in [6.07, 6.45) is 3.26. The molecule has 3 rings (SSSR count). The maximum absolute atomic E-state index is 12.3. The summed E-state index contributed by atoms with van der Waals surface area (Å²) >= 11 is 0. The van der Waals surface area contributed by atoms with Crippen molar-refractivity contribution in [1.29, 1.82) is 0 Å². The maximum Gasteiger partial charge on any atom is 0.239 e. The molecule has 1 aliphatic carbocycles. The van der Waals surface area contributed by atoms with Crippen LogP contribution in [0.1, 0.15) is 19.3 Å². The van der Waals surface area contributed by atoms with E-state index in [-0.39, 0.29) is 42.1 Å². The Bertz CT molecular complexity index is 355. The van der Waals surface area contributed by atoms with Gasteiger partial charge in [-0.25, -0.2) is 0 Å². The van der Waals surface area contributed by atoms with Gasteiger partial charge in [0.25, 0.3) is 0 Å². The van der Waals surface area contributed by atoms with Crippen molar-refractivity contribution in [2.45, 2.75) is 19.3 Å².